The van der Waals surface area contributed by atoms with Crippen LogP contribution in [0.15, 0.2) is 48.5 Å². The van der Waals surface area contributed by atoms with Crippen molar-refractivity contribution in [1.29, 1.82) is 0 Å². The fourth-order valence-electron chi connectivity index (χ4n) is 2.63. The lowest BCUT2D eigenvalue weighted by atomic mass is 10.1. The van der Waals surface area contributed by atoms with Crippen molar-refractivity contribution < 1.29 is 0 Å². The number of hydrogen-bond acceptors (Lipinski definition) is 4. The van der Waals surface area contributed by atoms with Crippen molar-refractivity contribution in [2.45, 2.75) is 34.2 Å². The van der Waals surface area contributed by atoms with Gasteiger partial charge in [0.1, 0.15) is 17.5 Å². The molecule has 1 heterocycles. The van der Waals surface area contributed by atoms with Gasteiger partial charge in [-0.3, -0.25) is 0 Å². The predicted molar refractivity (Wildman–Crippen MR) is 104 cm³/mol. The average molecular weight is 332 g/mol. The van der Waals surface area contributed by atoms with Crippen LogP contribution in [0.5, 0.6) is 0 Å². The van der Waals surface area contributed by atoms with Gasteiger partial charge >= 0.3 is 0 Å². The molecule has 3 rings (SSSR count). The molecule has 1 aromatic heterocycles. The van der Waals surface area contributed by atoms with Gasteiger partial charge in [0.25, 0.3) is 0 Å². The van der Waals surface area contributed by atoms with E-state index in [0.29, 0.717) is 0 Å². The maximum Gasteiger partial charge on any atom is 0.136 e. The SMILES string of the molecule is Cc1ccc(CNc2cc(Nc3cc(C)ccc3C)nc(C)n2)cc1. The fraction of sp³-hybridized carbons (Fsp3) is 0.238. The van der Waals surface area contributed by atoms with Gasteiger partial charge in [0, 0.05) is 18.3 Å². The second kappa shape index (κ2) is 7.34. The summed E-state index contributed by atoms with van der Waals surface area (Å²) in [6, 6.07) is 16.8. The summed E-state index contributed by atoms with van der Waals surface area (Å²) in [5, 5.41) is 6.79. The molecule has 2 N–H and O–H groups in total. The first-order valence-corrected chi connectivity index (χ1v) is 8.49. The van der Waals surface area contributed by atoms with Gasteiger partial charge in [-0.25, -0.2) is 9.97 Å². The highest BCUT2D eigenvalue weighted by molar-refractivity contribution is 5.63. The molecular weight excluding hydrogens is 308 g/mol. The summed E-state index contributed by atoms with van der Waals surface area (Å²) in [6.45, 7) is 8.91. The third-order valence-corrected chi connectivity index (χ3v) is 4.09. The largest absolute Gasteiger partial charge is 0.366 e. The lowest BCUT2D eigenvalue weighted by Gasteiger charge is -2.12. The Labute approximate surface area is 149 Å². The molecule has 0 radical (unpaired) electrons. The minimum atomic E-state index is 0.736. The summed E-state index contributed by atoms with van der Waals surface area (Å²) >= 11 is 0. The minimum Gasteiger partial charge on any atom is -0.366 e. The molecule has 0 spiro atoms. The molecule has 0 aliphatic rings. The van der Waals surface area contributed by atoms with E-state index < -0.39 is 0 Å². The van der Waals surface area contributed by atoms with Crippen molar-refractivity contribution in [3.8, 4) is 0 Å². The fourth-order valence-corrected chi connectivity index (χ4v) is 2.63. The van der Waals surface area contributed by atoms with Crippen LogP contribution in [0, 0.1) is 27.7 Å². The van der Waals surface area contributed by atoms with Crippen LogP contribution in [-0.2, 0) is 6.54 Å². The molecule has 4 nitrogen and oxygen atoms in total. The maximum atomic E-state index is 4.50. The monoisotopic (exact) mass is 332 g/mol. The Morgan fingerprint density at radius 1 is 0.760 bits per heavy atom. The Kier molecular flexibility index (Phi) is 4.98. The molecule has 0 amide bonds. The van der Waals surface area contributed by atoms with Crippen LogP contribution >= 0.6 is 0 Å². The molecule has 0 aliphatic heterocycles. The Hall–Kier alpha value is -2.88. The molecule has 2 aromatic carbocycles. The average Bonchev–Trinajstić information content (AvgIpc) is 2.57. The van der Waals surface area contributed by atoms with Crippen LogP contribution in [0.3, 0.4) is 0 Å². The van der Waals surface area contributed by atoms with E-state index in [1.165, 1.54) is 22.3 Å². The zero-order valence-electron chi connectivity index (χ0n) is 15.2. The molecule has 0 saturated heterocycles. The molecule has 128 valence electrons. The van der Waals surface area contributed by atoms with E-state index in [1.807, 2.05) is 13.0 Å². The van der Waals surface area contributed by atoms with E-state index >= 15 is 0 Å². The number of nitrogens with zero attached hydrogens (tertiary/aromatic N) is 2. The number of aromatic nitrogens is 2. The van der Waals surface area contributed by atoms with E-state index in [9.17, 15) is 0 Å². The van der Waals surface area contributed by atoms with E-state index in [4.69, 9.17) is 0 Å². The lowest BCUT2D eigenvalue weighted by Crippen LogP contribution is -2.05. The lowest BCUT2D eigenvalue weighted by molar-refractivity contribution is 1.02. The molecule has 25 heavy (non-hydrogen) atoms. The molecule has 0 bridgehead atoms. The predicted octanol–water partition coefficient (Wildman–Crippen LogP) is 5.07. The summed E-state index contributed by atoms with van der Waals surface area (Å²) in [7, 11) is 0. The molecule has 0 unspecified atom stereocenters. The van der Waals surface area contributed by atoms with Crippen molar-refractivity contribution in [1.82, 2.24) is 9.97 Å². The highest BCUT2D eigenvalue weighted by Crippen LogP contribution is 2.22. The Morgan fingerprint density at radius 3 is 2.20 bits per heavy atom. The Bertz CT molecular complexity index is 870. The zero-order valence-corrected chi connectivity index (χ0v) is 15.2. The van der Waals surface area contributed by atoms with Crippen LogP contribution in [0.4, 0.5) is 17.3 Å². The van der Waals surface area contributed by atoms with Gasteiger partial charge in [0.2, 0.25) is 0 Å². The quantitative estimate of drug-likeness (QED) is 0.685. The van der Waals surface area contributed by atoms with Gasteiger partial charge < -0.3 is 10.6 Å². The number of nitrogens with one attached hydrogen (secondary N) is 2. The summed E-state index contributed by atoms with van der Waals surface area (Å²) in [6.07, 6.45) is 0. The molecule has 3 aromatic rings. The molecule has 0 aliphatic carbocycles. The summed E-state index contributed by atoms with van der Waals surface area (Å²) in [4.78, 5) is 8.99. The smallest absolute Gasteiger partial charge is 0.136 e. The van der Waals surface area contributed by atoms with Crippen molar-refractivity contribution >= 4 is 17.3 Å². The standard InChI is InChI=1S/C21H24N4/c1-14-6-9-18(10-7-14)13-22-20-12-21(24-17(4)23-20)25-19-11-15(2)5-8-16(19)3/h5-12H,13H2,1-4H3,(H2,22,23,24,25). The van der Waals surface area contributed by atoms with Crippen LogP contribution in [0.25, 0.3) is 0 Å². The highest BCUT2D eigenvalue weighted by atomic mass is 15.1. The second-order valence-electron chi connectivity index (χ2n) is 6.47. The molecule has 0 atom stereocenters. The van der Waals surface area contributed by atoms with Crippen molar-refractivity contribution in [2.24, 2.45) is 0 Å². The van der Waals surface area contributed by atoms with Crippen molar-refractivity contribution in [3.05, 3.63) is 76.6 Å². The zero-order chi connectivity index (χ0) is 17.8. The third-order valence-electron chi connectivity index (χ3n) is 4.09. The van der Waals surface area contributed by atoms with Crippen molar-refractivity contribution in [2.75, 3.05) is 10.6 Å². The summed E-state index contributed by atoms with van der Waals surface area (Å²) in [5.41, 5.74) is 5.97. The molecule has 4 heteroatoms. The van der Waals surface area contributed by atoms with E-state index in [0.717, 1.165) is 29.7 Å². The van der Waals surface area contributed by atoms with Crippen molar-refractivity contribution in [3.63, 3.8) is 0 Å². The first-order chi connectivity index (χ1) is 12.0. The van der Waals surface area contributed by atoms with Gasteiger partial charge in [-0.1, -0.05) is 42.0 Å². The maximum absolute atomic E-state index is 4.50. The first-order valence-electron chi connectivity index (χ1n) is 8.49. The third kappa shape index (κ3) is 4.57. The van der Waals surface area contributed by atoms with Gasteiger partial charge in [-0.2, -0.15) is 0 Å². The normalized spacial score (nSPS) is 10.6. The number of rotatable bonds is 5. The van der Waals surface area contributed by atoms with E-state index in [1.54, 1.807) is 0 Å². The Balaban J connectivity index is 1.75. The Morgan fingerprint density at radius 2 is 1.44 bits per heavy atom. The summed E-state index contributed by atoms with van der Waals surface area (Å²) < 4.78 is 0. The van der Waals surface area contributed by atoms with Gasteiger partial charge in [0.05, 0.1) is 0 Å². The molecule has 0 saturated carbocycles. The highest BCUT2D eigenvalue weighted by Gasteiger charge is 2.05. The molecule has 0 fully saturated rings. The van der Waals surface area contributed by atoms with Gasteiger partial charge in [-0.15, -0.1) is 0 Å². The van der Waals surface area contributed by atoms with Gasteiger partial charge in [-0.05, 0) is 50.5 Å². The van der Waals surface area contributed by atoms with Crippen LogP contribution < -0.4 is 10.6 Å². The van der Waals surface area contributed by atoms with E-state index in [-0.39, 0.29) is 0 Å². The number of aryl methyl sites for hydroxylation is 4. The number of anilines is 3. The first kappa shape index (κ1) is 17.0. The van der Waals surface area contributed by atoms with Crippen LogP contribution in [-0.4, -0.2) is 9.97 Å². The topological polar surface area (TPSA) is 49.8 Å². The van der Waals surface area contributed by atoms with E-state index in [2.05, 4.69) is 83.8 Å². The van der Waals surface area contributed by atoms with Gasteiger partial charge in [0.15, 0.2) is 0 Å². The number of hydrogen-bond donors (Lipinski definition) is 2. The number of benzene rings is 2. The molecular formula is C21H24N4. The van der Waals surface area contributed by atoms with Crippen LogP contribution in [0.2, 0.25) is 0 Å². The second-order valence-corrected chi connectivity index (χ2v) is 6.47. The van der Waals surface area contributed by atoms with Crippen LogP contribution in [0.1, 0.15) is 28.1 Å². The summed E-state index contributed by atoms with van der Waals surface area (Å²) in [5.74, 6) is 2.36. The minimum absolute atomic E-state index is 0.736.